The summed E-state index contributed by atoms with van der Waals surface area (Å²) in [5.41, 5.74) is -0.0566. The lowest BCUT2D eigenvalue weighted by atomic mass is 10.2. The molecule has 28 heavy (non-hydrogen) atoms. The van der Waals surface area contributed by atoms with Crippen molar-refractivity contribution in [2.45, 2.75) is 25.2 Å². The average molecular weight is 416 g/mol. The molecule has 6 nitrogen and oxygen atoms in total. The van der Waals surface area contributed by atoms with Crippen LogP contribution in [0.2, 0.25) is 0 Å². The number of hydrogen-bond acceptors (Lipinski definition) is 4. The van der Waals surface area contributed by atoms with E-state index < -0.39 is 45.7 Å². The molecule has 2 rings (SSSR count). The summed E-state index contributed by atoms with van der Waals surface area (Å²) >= 11 is 0. The van der Waals surface area contributed by atoms with E-state index in [0.717, 1.165) is 6.07 Å². The fourth-order valence-electron chi connectivity index (χ4n) is 2.22. The van der Waals surface area contributed by atoms with Gasteiger partial charge in [0.2, 0.25) is 10.0 Å². The zero-order valence-corrected chi connectivity index (χ0v) is 16.0. The molecule has 0 bridgehead atoms. The number of sulfonamides is 1. The number of rotatable bonds is 8. The Labute approximate surface area is 160 Å². The minimum absolute atomic E-state index is 0.0547. The van der Waals surface area contributed by atoms with E-state index in [-0.39, 0.29) is 10.6 Å². The minimum atomic E-state index is -3.64. The lowest BCUT2D eigenvalue weighted by Gasteiger charge is -2.12. The lowest BCUT2D eigenvalue weighted by Crippen LogP contribution is -2.24. The first-order valence-electron chi connectivity index (χ1n) is 8.32. The lowest BCUT2D eigenvalue weighted by molar-refractivity contribution is -0.118. The van der Waals surface area contributed by atoms with E-state index in [4.69, 9.17) is 4.74 Å². The number of anilines is 1. The van der Waals surface area contributed by atoms with Gasteiger partial charge in [-0.2, -0.15) is 0 Å². The molecule has 2 aromatic carbocycles. The molecule has 152 valence electrons. The summed E-state index contributed by atoms with van der Waals surface area (Å²) in [6.45, 7) is 3.20. The first-order chi connectivity index (χ1) is 13.2. The van der Waals surface area contributed by atoms with Crippen LogP contribution in [0.1, 0.15) is 18.9 Å². The van der Waals surface area contributed by atoms with Gasteiger partial charge in [-0.05, 0) is 49.2 Å². The normalized spacial score (nSPS) is 11.3. The van der Waals surface area contributed by atoms with Gasteiger partial charge in [0.25, 0.3) is 5.91 Å². The molecule has 0 saturated heterocycles. The first kappa shape index (κ1) is 21.7. The summed E-state index contributed by atoms with van der Waals surface area (Å²) in [6, 6.07) is 5.68. The zero-order valence-electron chi connectivity index (χ0n) is 15.2. The van der Waals surface area contributed by atoms with Crippen LogP contribution in [0.4, 0.5) is 18.9 Å². The maximum Gasteiger partial charge on any atom is 0.262 e. The molecular weight excluding hydrogens is 397 g/mol. The smallest absolute Gasteiger partial charge is 0.262 e. The summed E-state index contributed by atoms with van der Waals surface area (Å²) in [5, 5.41) is 2.08. The Morgan fingerprint density at radius 2 is 1.82 bits per heavy atom. The summed E-state index contributed by atoms with van der Waals surface area (Å²) in [7, 11) is -3.64. The van der Waals surface area contributed by atoms with Crippen LogP contribution in [-0.2, 0) is 14.8 Å². The highest BCUT2D eigenvalue weighted by Gasteiger charge is 2.17. The molecule has 0 unspecified atom stereocenters. The van der Waals surface area contributed by atoms with E-state index in [9.17, 15) is 26.4 Å². The van der Waals surface area contributed by atoms with Crippen molar-refractivity contribution in [1.29, 1.82) is 0 Å². The number of hydrogen-bond donors (Lipinski definition) is 2. The summed E-state index contributed by atoms with van der Waals surface area (Å²) in [4.78, 5) is 11.9. The molecule has 0 aliphatic carbocycles. The molecule has 2 N–H and O–H groups in total. The molecule has 0 spiro atoms. The van der Waals surface area contributed by atoms with Crippen molar-refractivity contribution in [2.75, 3.05) is 18.5 Å². The quantitative estimate of drug-likeness (QED) is 0.648. The summed E-state index contributed by atoms with van der Waals surface area (Å²) < 4.78 is 71.6. The van der Waals surface area contributed by atoms with Gasteiger partial charge in [-0.3, -0.25) is 4.79 Å². The third-order valence-electron chi connectivity index (χ3n) is 3.67. The standard InChI is InChI=1S/C18H19F3N2O4S/c1-3-8-22-28(25,26)12-4-7-15(11(2)9-12)27-10-16(24)23-14-6-5-13(19)17(20)18(14)21/h4-7,9,22H,3,8,10H2,1-2H3,(H,23,24). The Morgan fingerprint density at radius 1 is 1.11 bits per heavy atom. The Hall–Kier alpha value is -2.59. The second-order valence-corrected chi connectivity index (χ2v) is 7.65. The molecule has 0 heterocycles. The average Bonchev–Trinajstić information content (AvgIpc) is 2.66. The van der Waals surface area contributed by atoms with Gasteiger partial charge < -0.3 is 10.1 Å². The molecule has 0 radical (unpaired) electrons. The number of carbonyl (C=O) groups is 1. The van der Waals surface area contributed by atoms with Crippen LogP contribution in [0.15, 0.2) is 35.2 Å². The van der Waals surface area contributed by atoms with Crippen molar-refractivity contribution in [1.82, 2.24) is 4.72 Å². The van der Waals surface area contributed by atoms with Crippen molar-refractivity contribution in [3.8, 4) is 5.75 Å². The number of aryl methyl sites for hydroxylation is 1. The third kappa shape index (κ3) is 5.23. The van der Waals surface area contributed by atoms with Crippen molar-refractivity contribution < 1.29 is 31.1 Å². The van der Waals surface area contributed by atoms with Crippen LogP contribution < -0.4 is 14.8 Å². The topological polar surface area (TPSA) is 84.5 Å². The third-order valence-corrected chi connectivity index (χ3v) is 5.13. The Kier molecular flexibility index (Phi) is 7.03. The van der Waals surface area contributed by atoms with E-state index in [1.807, 2.05) is 6.92 Å². The highest BCUT2D eigenvalue weighted by molar-refractivity contribution is 7.89. The summed E-state index contributed by atoms with van der Waals surface area (Å²) in [5.74, 6) is -5.13. The van der Waals surface area contributed by atoms with Gasteiger partial charge in [-0.1, -0.05) is 6.92 Å². The second-order valence-electron chi connectivity index (χ2n) is 5.88. The van der Waals surface area contributed by atoms with E-state index >= 15 is 0 Å². The van der Waals surface area contributed by atoms with Crippen LogP contribution in [0.25, 0.3) is 0 Å². The van der Waals surface area contributed by atoms with E-state index in [1.165, 1.54) is 18.2 Å². The molecule has 0 fully saturated rings. The number of nitrogens with one attached hydrogen (secondary N) is 2. The van der Waals surface area contributed by atoms with Crippen molar-refractivity contribution in [3.63, 3.8) is 0 Å². The molecule has 10 heteroatoms. The van der Waals surface area contributed by atoms with Crippen molar-refractivity contribution in [3.05, 3.63) is 53.3 Å². The van der Waals surface area contributed by atoms with Gasteiger partial charge in [0, 0.05) is 6.54 Å². The number of amides is 1. The SMILES string of the molecule is CCCNS(=O)(=O)c1ccc(OCC(=O)Nc2ccc(F)c(F)c2F)c(C)c1. The molecule has 0 saturated carbocycles. The van der Waals surface area contributed by atoms with Gasteiger partial charge in [0.05, 0.1) is 10.6 Å². The molecule has 0 aromatic heterocycles. The van der Waals surface area contributed by atoms with Gasteiger partial charge in [-0.25, -0.2) is 26.3 Å². The second kappa shape index (κ2) is 9.07. The van der Waals surface area contributed by atoms with E-state index in [1.54, 1.807) is 6.92 Å². The highest BCUT2D eigenvalue weighted by Crippen LogP contribution is 2.22. The molecular formula is C18H19F3N2O4S. The van der Waals surface area contributed by atoms with Crippen LogP contribution in [0.3, 0.4) is 0 Å². The Balaban J connectivity index is 2.03. The largest absolute Gasteiger partial charge is 0.483 e. The predicted octanol–water partition coefficient (Wildman–Crippen LogP) is 3.12. The van der Waals surface area contributed by atoms with Gasteiger partial charge in [-0.15, -0.1) is 0 Å². The van der Waals surface area contributed by atoms with Crippen molar-refractivity contribution in [2.24, 2.45) is 0 Å². The predicted molar refractivity (Wildman–Crippen MR) is 97.1 cm³/mol. The minimum Gasteiger partial charge on any atom is -0.483 e. The molecule has 1 amide bonds. The fraction of sp³-hybridized carbons (Fsp3) is 0.278. The number of ether oxygens (including phenoxy) is 1. The number of benzene rings is 2. The van der Waals surface area contributed by atoms with E-state index in [0.29, 0.717) is 24.6 Å². The Morgan fingerprint density at radius 3 is 2.46 bits per heavy atom. The maximum absolute atomic E-state index is 13.6. The van der Waals surface area contributed by atoms with E-state index in [2.05, 4.69) is 10.0 Å². The Bertz CT molecular complexity index is 981. The molecule has 0 aliphatic rings. The fourth-order valence-corrected chi connectivity index (χ4v) is 3.44. The number of carbonyl (C=O) groups excluding carboxylic acids is 1. The van der Waals surface area contributed by atoms with Crippen LogP contribution in [-0.4, -0.2) is 27.5 Å². The first-order valence-corrected chi connectivity index (χ1v) is 9.80. The van der Waals surface area contributed by atoms with Gasteiger partial charge >= 0.3 is 0 Å². The molecule has 0 atom stereocenters. The van der Waals surface area contributed by atoms with Crippen LogP contribution in [0, 0.1) is 24.4 Å². The maximum atomic E-state index is 13.6. The monoisotopic (exact) mass is 416 g/mol. The van der Waals surface area contributed by atoms with Gasteiger partial charge in [0.15, 0.2) is 24.1 Å². The zero-order chi connectivity index (χ0) is 20.9. The van der Waals surface area contributed by atoms with Gasteiger partial charge in [0.1, 0.15) is 5.75 Å². The van der Waals surface area contributed by atoms with Crippen LogP contribution >= 0.6 is 0 Å². The van der Waals surface area contributed by atoms with Crippen molar-refractivity contribution >= 4 is 21.6 Å². The molecule has 2 aromatic rings. The number of halogens is 3. The highest BCUT2D eigenvalue weighted by atomic mass is 32.2. The molecule has 0 aliphatic heterocycles. The van der Waals surface area contributed by atoms with Crippen LogP contribution in [0.5, 0.6) is 5.75 Å². The summed E-state index contributed by atoms with van der Waals surface area (Å²) in [6.07, 6.45) is 0.646.